The molecule has 4 rings (SSSR count). The van der Waals surface area contributed by atoms with Crippen molar-refractivity contribution in [2.24, 2.45) is 0 Å². The molecule has 23 heavy (non-hydrogen) atoms. The predicted molar refractivity (Wildman–Crippen MR) is 93.6 cm³/mol. The summed E-state index contributed by atoms with van der Waals surface area (Å²) in [6, 6.07) is 12.5. The van der Waals surface area contributed by atoms with Gasteiger partial charge in [-0.1, -0.05) is 30.3 Å². The van der Waals surface area contributed by atoms with Crippen molar-refractivity contribution in [3.05, 3.63) is 61.4 Å². The molecular weight excluding hydrogens is 306 g/mol. The molecule has 1 aromatic carbocycles. The van der Waals surface area contributed by atoms with E-state index in [1.807, 2.05) is 23.2 Å². The van der Waals surface area contributed by atoms with Gasteiger partial charge >= 0.3 is 0 Å². The minimum Gasteiger partial charge on any atom is -0.367 e. The van der Waals surface area contributed by atoms with Gasteiger partial charge in [-0.25, -0.2) is 15.0 Å². The monoisotopic (exact) mass is 321 g/mol. The van der Waals surface area contributed by atoms with Crippen molar-refractivity contribution in [3.8, 4) is 10.4 Å². The van der Waals surface area contributed by atoms with E-state index in [1.165, 1.54) is 10.4 Å². The molecule has 3 heterocycles. The molecule has 114 valence electrons. The Balaban J connectivity index is 1.58. The molecular formula is C17H15N5S. The summed E-state index contributed by atoms with van der Waals surface area (Å²) in [6.45, 7) is 1.64. The molecule has 0 saturated carbocycles. The highest BCUT2D eigenvalue weighted by Gasteiger charge is 2.09. The Labute approximate surface area is 137 Å². The fourth-order valence-electron chi connectivity index (χ4n) is 2.45. The molecule has 0 aliphatic carbocycles. The van der Waals surface area contributed by atoms with Crippen LogP contribution >= 0.6 is 11.3 Å². The Morgan fingerprint density at radius 1 is 1.13 bits per heavy atom. The van der Waals surface area contributed by atoms with Crippen molar-refractivity contribution >= 4 is 27.4 Å². The highest BCUT2D eigenvalue weighted by atomic mass is 32.1. The first-order valence-corrected chi connectivity index (χ1v) is 8.21. The molecule has 1 N–H and O–H groups in total. The zero-order chi connectivity index (χ0) is 15.5. The average Bonchev–Trinajstić information content (AvgIpc) is 3.25. The van der Waals surface area contributed by atoms with E-state index in [2.05, 4.69) is 50.6 Å². The van der Waals surface area contributed by atoms with Crippen molar-refractivity contribution in [2.75, 3.05) is 11.9 Å². The SMILES string of the molecule is c1ccc(-c2cc3ncnc(NCCn4ccnc4)c3s2)cc1. The fraction of sp³-hybridized carbons (Fsp3) is 0.118. The van der Waals surface area contributed by atoms with E-state index in [9.17, 15) is 0 Å². The number of benzene rings is 1. The molecule has 5 nitrogen and oxygen atoms in total. The van der Waals surface area contributed by atoms with Gasteiger partial charge in [-0.3, -0.25) is 0 Å². The molecule has 0 spiro atoms. The van der Waals surface area contributed by atoms with Gasteiger partial charge in [-0.2, -0.15) is 0 Å². The first-order valence-electron chi connectivity index (χ1n) is 7.40. The van der Waals surface area contributed by atoms with Crippen molar-refractivity contribution in [3.63, 3.8) is 0 Å². The third kappa shape index (κ3) is 2.93. The summed E-state index contributed by atoms with van der Waals surface area (Å²) >= 11 is 1.72. The van der Waals surface area contributed by atoms with Crippen LogP contribution in [0.25, 0.3) is 20.7 Å². The first-order chi connectivity index (χ1) is 11.4. The van der Waals surface area contributed by atoms with Gasteiger partial charge in [0.2, 0.25) is 0 Å². The number of aromatic nitrogens is 4. The number of imidazole rings is 1. The summed E-state index contributed by atoms with van der Waals surface area (Å²) in [7, 11) is 0. The number of anilines is 1. The molecule has 0 fully saturated rings. The number of hydrogen-bond acceptors (Lipinski definition) is 5. The second kappa shape index (κ2) is 6.18. The normalized spacial score (nSPS) is 11.0. The predicted octanol–water partition coefficient (Wildman–Crippen LogP) is 3.67. The Morgan fingerprint density at radius 2 is 2.04 bits per heavy atom. The molecule has 0 radical (unpaired) electrons. The molecule has 3 aromatic heterocycles. The van der Waals surface area contributed by atoms with Gasteiger partial charge < -0.3 is 9.88 Å². The van der Waals surface area contributed by atoms with Crippen LogP contribution in [0.5, 0.6) is 0 Å². The lowest BCUT2D eigenvalue weighted by Crippen LogP contribution is -2.10. The van der Waals surface area contributed by atoms with Crippen LogP contribution in [-0.4, -0.2) is 26.1 Å². The summed E-state index contributed by atoms with van der Waals surface area (Å²) in [4.78, 5) is 14.0. The largest absolute Gasteiger partial charge is 0.367 e. The maximum atomic E-state index is 4.40. The third-order valence-electron chi connectivity index (χ3n) is 3.59. The molecule has 0 unspecified atom stereocenters. The van der Waals surface area contributed by atoms with E-state index in [1.54, 1.807) is 23.9 Å². The number of nitrogens with one attached hydrogen (secondary N) is 1. The van der Waals surface area contributed by atoms with Crippen LogP contribution in [0, 0.1) is 0 Å². The van der Waals surface area contributed by atoms with Gasteiger partial charge in [0.15, 0.2) is 0 Å². The Morgan fingerprint density at radius 3 is 2.87 bits per heavy atom. The maximum absolute atomic E-state index is 4.40. The molecule has 0 atom stereocenters. The zero-order valence-corrected chi connectivity index (χ0v) is 13.2. The van der Waals surface area contributed by atoms with Gasteiger partial charge in [0.05, 0.1) is 16.5 Å². The lowest BCUT2D eigenvalue weighted by molar-refractivity contribution is 0.726. The molecule has 4 aromatic rings. The number of nitrogens with zero attached hydrogens (tertiary/aromatic N) is 4. The van der Waals surface area contributed by atoms with Gasteiger partial charge in [-0.15, -0.1) is 11.3 Å². The number of rotatable bonds is 5. The van der Waals surface area contributed by atoms with Crippen LogP contribution in [0.3, 0.4) is 0 Å². The topological polar surface area (TPSA) is 55.6 Å². The highest BCUT2D eigenvalue weighted by molar-refractivity contribution is 7.22. The van der Waals surface area contributed by atoms with Gasteiger partial charge in [0.1, 0.15) is 12.1 Å². The van der Waals surface area contributed by atoms with E-state index in [0.717, 1.165) is 29.1 Å². The first kappa shape index (κ1) is 13.9. The Hall–Kier alpha value is -2.73. The molecule has 6 heteroatoms. The Bertz CT molecular complexity index is 899. The minimum atomic E-state index is 0.793. The van der Waals surface area contributed by atoms with Crippen molar-refractivity contribution < 1.29 is 0 Å². The van der Waals surface area contributed by atoms with Gasteiger partial charge in [0, 0.05) is 30.4 Å². The van der Waals surface area contributed by atoms with Crippen LogP contribution in [-0.2, 0) is 6.54 Å². The number of fused-ring (bicyclic) bond motifs is 1. The highest BCUT2D eigenvalue weighted by Crippen LogP contribution is 2.35. The molecule has 0 aliphatic heterocycles. The average molecular weight is 321 g/mol. The van der Waals surface area contributed by atoms with Crippen molar-refractivity contribution in [1.82, 2.24) is 19.5 Å². The summed E-state index contributed by atoms with van der Waals surface area (Å²) < 4.78 is 3.13. The Kier molecular flexibility index (Phi) is 3.73. The van der Waals surface area contributed by atoms with E-state index >= 15 is 0 Å². The van der Waals surface area contributed by atoms with E-state index < -0.39 is 0 Å². The molecule has 0 amide bonds. The lowest BCUT2D eigenvalue weighted by atomic mass is 10.2. The minimum absolute atomic E-state index is 0.793. The van der Waals surface area contributed by atoms with Crippen molar-refractivity contribution in [1.29, 1.82) is 0 Å². The smallest absolute Gasteiger partial charge is 0.147 e. The van der Waals surface area contributed by atoms with Gasteiger partial charge in [-0.05, 0) is 11.6 Å². The molecule has 0 aliphatic rings. The second-order valence-corrected chi connectivity index (χ2v) is 6.19. The standard InChI is InChI=1S/C17H15N5S/c1-2-4-13(5-3-1)15-10-14-16(23-15)17(21-11-20-14)19-7-9-22-8-6-18-12-22/h1-6,8,10-12H,7,9H2,(H,19,20,21). The maximum Gasteiger partial charge on any atom is 0.147 e. The van der Waals surface area contributed by atoms with Crippen LogP contribution in [0.15, 0.2) is 61.4 Å². The van der Waals surface area contributed by atoms with E-state index in [0.29, 0.717) is 0 Å². The number of thiophene rings is 1. The van der Waals surface area contributed by atoms with E-state index in [4.69, 9.17) is 0 Å². The second-order valence-electron chi connectivity index (χ2n) is 5.14. The summed E-state index contributed by atoms with van der Waals surface area (Å²) in [6.07, 6.45) is 7.17. The molecule has 0 bridgehead atoms. The number of hydrogen-bond donors (Lipinski definition) is 1. The third-order valence-corrected chi connectivity index (χ3v) is 4.77. The van der Waals surface area contributed by atoms with Crippen LogP contribution < -0.4 is 5.32 Å². The van der Waals surface area contributed by atoms with E-state index in [-0.39, 0.29) is 0 Å². The van der Waals surface area contributed by atoms with Crippen molar-refractivity contribution in [2.45, 2.75) is 6.54 Å². The van der Waals surface area contributed by atoms with Gasteiger partial charge in [0.25, 0.3) is 0 Å². The summed E-state index contributed by atoms with van der Waals surface area (Å²) in [5.41, 5.74) is 2.19. The molecule has 0 saturated heterocycles. The fourth-order valence-corrected chi connectivity index (χ4v) is 3.53. The zero-order valence-electron chi connectivity index (χ0n) is 12.4. The summed E-state index contributed by atoms with van der Waals surface area (Å²) in [5.74, 6) is 0.891. The quantitative estimate of drug-likeness (QED) is 0.609. The summed E-state index contributed by atoms with van der Waals surface area (Å²) in [5, 5.41) is 3.40. The van der Waals surface area contributed by atoms with Crippen LogP contribution in [0.4, 0.5) is 5.82 Å². The van der Waals surface area contributed by atoms with Crippen LogP contribution in [0.1, 0.15) is 0 Å². The lowest BCUT2D eigenvalue weighted by Gasteiger charge is -2.06. The van der Waals surface area contributed by atoms with Crippen LogP contribution in [0.2, 0.25) is 0 Å².